The Balaban J connectivity index is 0.000000473. The summed E-state index contributed by atoms with van der Waals surface area (Å²) in [7, 11) is -3.20. The fraction of sp³-hybridized carbons (Fsp3) is 0. The number of halogens is 5. The summed E-state index contributed by atoms with van der Waals surface area (Å²) in [5.41, 5.74) is 1.99. The smallest absolute Gasteiger partial charge is 0.860 e. The Bertz CT molecular complexity index is 895. The standard InChI is InChI=1S/C7H7O.C7H7.C6BF5O3.Ru/c1-6-2-4-7(8)5-3-6;1-7-5-3-2-4-6-7;8-1-2(9)4(11)6(15-7(13)14)5(12)3(1)10;/h2-5,8H,1H2;2-6H,1H2;;/q2*-1;-2;+4. The van der Waals surface area contributed by atoms with Crippen molar-refractivity contribution in [3.05, 3.63) is 109 Å². The molecule has 0 aliphatic rings. The molecule has 0 radical (unpaired) electrons. The molecule has 0 fully saturated rings. The van der Waals surface area contributed by atoms with Crippen LogP contribution in [0.4, 0.5) is 22.0 Å². The summed E-state index contributed by atoms with van der Waals surface area (Å²) in [4.78, 5) is 0. The number of phenolic OH excluding ortho intramolecular Hbond substituents is 1. The third-order valence-corrected chi connectivity index (χ3v) is 3.16. The predicted molar refractivity (Wildman–Crippen MR) is 96.1 cm³/mol. The Hall–Kier alpha value is -2.74. The Morgan fingerprint density at radius 3 is 1.39 bits per heavy atom. The topological polar surface area (TPSA) is 75.6 Å². The van der Waals surface area contributed by atoms with Gasteiger partial charge in [-0.1, -0.05) is 18.2 Å². The molecule has 0 unspecified atom stereocenters. The van der Waals surface area contributed by atoms with Gasteiger partial charge in [0.15, 0.2) is 5.75 Å². The van der Waals surface area contributed by atoms with Crippen LogP contribution < -0.4 is 14.7 Å². The zero-order valence-electron chi connectivity index (χ0n) is 15.6. The fourth-order valence-electron chi connectivity index (χ4n) is 1.76. The van der Waals surface area contributed by atoms with Gasteiger partial charge in [0.1, 0.15) is 7.32 Å². The van der Waals surface area contributed by atoms with Crippen LogP contribution in [0.2, 0.25) is 0 Å². The normalized spacial score (nSPS) is 9.26. The molecule has 3 aromatic rings. The minimum Gasteiger partial charge on any atom is -0.860 e. The molecule has 0 saturated heterocycles. The van der Waals surface area contributed by atoms with E-state index in [1.807, 2.05) is 30.3 Å². The number of aromatic hydroxyl groups is 1. The van der Waals surface area contributed by atoms with E-state index in [4.69, 9.17) is 5.11 Å². The van der Waals surface area contributed by atoms with Gasteiger partial charge in [0, 0.05) is 0 Å². The van der Waals surface area contributed by atoms with Crippen molar-refractivity contribution in [1.82, 2.24) is 0 Å². The zero-order chi connectivity index (χ0) is 22.8. The van der Waals surface area contributed by atoms with Crippen molar-refractivity contribution in [3.8, 4) is 11.5 Å². The average molecular weight is 525 g/mol. The van der Waals surface area contributed by atoms with E-state index in [2.05, 4.69) is 18.5 Å². The average Bonchev–Trinajstić information content (AvgIpc) is 2.72. The molecular formula is C20H14BF5O4Ru. The van der Waals surface area contributed by atoms with Crippen molar-refractivity contribution in [3.63, 3.8) is 0 Å². The number of rotatable bonds is 2. The van der Waals surface area contributed by atoms with Gasteiger partial charge in [-0.2, -0.15) is 58.0 Å². The summed E-state index contributed by atoms with van der Waals surface area (Å²) >= 11 is 0. The second-order valence-electron chi connectivity index (χ2n) is 5.46. The fourth-order valence-corrected chi connectivity index (χ4v) is 1.76. The molecule has 0 heterocycles. The van der Waals surface area contributed by atoms with Gasteiger partial charge >= 0.3 is 19.5 Å². The molecular weight excluding hydrogens is 511 g/mol. The molecule has 11 heteroatoms. The van der Waals surface area contributed by atoms with Crippen LogP contribution in [0, 0.1) is 42.9 Å². The van der Waals surface area contributed by atoms with E-state index >= 15 is 0 Å². The van der Waals surface area contributed by atoms with Crippen molar-refractivity contribution in [2.24, 2.45) is 0 Å². The van der Waals surface area contributed by atoms with Crippen molar-refractivity contribution in [2.45, 2.75) is 0 Å². The van der Waals surface area contributed by atoms with Gasteiger partial charge in [0.2, 0.25) is 29.1 Å². The number of benzene rings is 3. The molecule has 164 valence electrons. The summed E-state index contributed by atoms with van der Waals surface area (Å²) in [6, 6.07) is 16.6. The van der Waals surface area contributed by atoms with Gasteiger partial charge in [-0.25, -0.2) is 13.2 Å². The van der Waals surface area contributed by atoms with E-state index < -0.39 is 42.2 Å². The Morgan fingerprint density at radius 2 is 1.06 bits per heavy atom. The second kappa shape index (κ2) is 13.5. The molecule has 4 nitrogen and oxygen atoms in total. The van der Waals surface area contributed by atoms with E-state index in [9.17, 15) is 32.0 Å². The SMILES string of the molecule is [CH2-]c1ccc(O)cc1.[CH2-]c1ccccc1.[O-]B([O-])Oc1c(F)c(F)c(F)c(F)c1F.[Ru+4]. The van der Waals surface area contributed by atoms with Crippen LogP contribution in [0.15, 0.2) is 54.6 Å². The first-order valence-electron chi connectivity index (χ1n) is 8.02. The van der Waals surface area contributed by atoms with Gasteiger partial charge < -0.3 is 19.8 Å². The van der Waals surface area contributed by atoms with Crippen LogP contribution in [0.1, 0.15) is 11.1 Å². The molecule has 3 rings (SSSR count). The molecule has 0 bridgehead atoms. The number of hydrogen-bond donors (Lipinski definition) is 1. The van der Waals surface area contributed by atoms with Gasteiger partial charge in [0.05, 0.1) is 5.75 Å². The minimum atomic E-state index is -3.20. The Labute approximate surface area is 188 Å². The first-order valence-corrected chi connectivity index (χ1v) is 8.02. The first kappa shape index (κ1) is 28.3. The molecule has 0 aliphatic carbocycles. The zero-order valence-corrected chi connectivity index (χ0v) is 17.3. The largest absolute Gasteiger partial charge is 4.00 e. The Kier molecular flexibility index (Phi) is 12.3. The van der Waals surface area contributed by atoms with Gasteiger partial charge in [-0.15, -0.1) is 12.1 Å². The van der Waals surface area contributed by atoms with Crippen LogP contribution in [-0.2, 0) is 19.5 Å². The van der Waals surface area contributed by atoms with Gasteiger partial charge in [-0.05, 0) is 0 Å². The van der Waals surface area contributed by atoms with E-state index in [0.717, 1.165) is 11.1 Å². The van der Waals surface area contributed by atoms with E-state index in [1.54, 1.807) is 24.3 Å². The predicted octanol–water partition coefficient (Wildman–Crippen LogP) is 2.91. The molecule has 0 amide bonds. The van der Waals surface area contributed by atoms with Crippen LogP contribution >= 0.6 is 0 Å². The van der Waals surface area contributed by atoms with Crippen LogP contribution in [-0.4, -0.2) is 12.4 Å². The van der Waals surface area contributed by atoms with Crippen molar-refractivity contribution < 1.29 is 61.2 Å². The first-order chi connectivity index (χ1) is 14.0. The Morgan fingerprint density at radius 1 is 0.677 bits per heavy atom. The number of hydrogen-bond acceptors (Lipinski definition) is 4. The third-order valence-electron chi connectivity index (χ3n) is 3.16. The number of phenols is 1. The van der Waals surface area contributed by atoms with Gasteiger partial charge in [0.25, 0.3) is 0 Å². The van der Waals surface area contributed by atoms with Crippen LogP contribution in [0.25, 0.3) is 0 Å². The van der Waals surface area contributed by atoms with E-state index in [0.29, 0.717) is 0 Å². The van der Waals surface area contributed by atoms with E-state index in [-0.39, 0.29) is 25.2 Å². The summed E-state index contributed by atoms with van der Waals surface area (Å²) < 4.78 is 65.9. The van der Waals surface area contributed by atoms with Crippen molar-refractivity contribution in [2.75, 3.05) is 0 Å². The molecule has 0 aliphatic heterocycles. The molecule has 31 heavy (non-hydrogen) atoms. The maximum atomic E-state index is 12.6. The monoisotopic (exact) mass is 526 g/mol. The molecule has 0 saturated carbocycles. The summed E-state index contributed by atoms with van der Waals surface area (Å²) in [5, 5.41) is 28.4. The second-order valence-corrected chi connectivity index (χ2v) is 5.46. The van der Waals surface area contributed by atoms with Crippen molar-refractivity contribution in [1.29, 1.82) is 0 Å². The van der Waals surface area contributed by atoms with E-state index in [1.165, 1.54) is 0 Å². The van der Waals surface area contributed by atoms with Crippen molar-refractivity contribution >= 4 is 7.32 Å². The third kappa shape index (κ3) is 9.29. The maximum Gasteiger partial charge on any atom is 4.00 e. The molecule has 3 aromatic carbocycles. The van der Waals surface area contributed by atoms with Gasteiger partial charge in [-0.3, -0.25) is 0 Å². The maximum absolute atomic E-state index is 12.6. The quantitative estimate of drug-likeness (QED) is 0.184. The summed E-state index contributed by atoms with van der Waals surface area (Å²) in [6.07, 6.45) is 0. The summed E-state index contributed by atoms with van der Waals surface area (Å²) in [5.74, 6) is -13.3. The van der Waals surface area contributed by atoms with Crippen LogP contribution in [0.3, 0.4) is 0 Å². The molecule has 0 aromatic heterocycles. The molecule has 0 spiro atoms. The summed E-state index contributed by atoms with van der Waals surface area (Å²) in [6.45, 7) is 7.37. The minimum absolute atomic E-state index is 0. The van der Waals surface area contributed by atoms with Crippen LogP contribution in [0.5, 0.6) is 11.5 Å². The molecule has 0 atom stereocenters. The molecule has 1 N–H and O–H groups in total.